The number of ether oxygens (including phenoxy) is 1. The number of nitrogens with one attached hydrogen (secondary N) is 1. The zero-order valence-electron chi connectivity index (χ0n) is 6.99. The summed E-state index contributed by atoms with van der Waals surface area (Å²) in [6.07, 6.45) is 0.250. The van der Waals surface area contributed by atoms with Gasteiger partial charge in [-0.2, -0.15) is 0 Å². The van der Waals surface area contributed by atoms with Crippen LogP contribution in [0.1, 0.15) is 11.6 Å². The van der Waals surface area contributed by atoms with Gasteiger partial charge in [-0.05, 0) is 0 Å². The van der Waals surface area contributed by atoms with Crippen molar-refractivity contribution in [2.24, 2.45) is 0 Å². The molecular weight excluding hydrogens is 149 g/mol. The molecule has 0 aromatic carbocycles. The molecule has 2 nitrogen and oxygen atoms in total. The van der Waals surface area contributed by atoms with Crippen LogP contribution in [0.25, 0.3) is 0 Å². The number of morpholine rings is 1. The fourth-order valence-electron chi connectivity index (χ4n) is 1.45. The van der Waals surface area contributed by atoms with Gasteiger partial charge in [0.05, 0.1) is 0 Å². The molecule has 0 bridgehead atoms. The first-order valence-corrected chi connectivity index (χ1v) is 4.34. The maximum atomic E-state index is 5.60. The van der Waals surface area contributed by atoms with Crippen LogP contribution in [0.4, 0.5) is 0 Å². The predicted octanol–water partition coefficient (Wildman–Crippen LogP) is 0.686. The summed E-state index contributed by atoms with van der Waals surface area (Å²) in [6.45, 7) is 4.84. The van der Waals surface area contributed by atoms with Crippen molar-refractivity contribution in [3.05, 3.63) is 29.6 Å². The molecule has 62 valence electrons. The Labute approximate surface area is 73.1 Å². The molecule has 1 aliphatic rings. The Bertz CT molecular complexity index is 234. The molecule has 2 rings (SSSR count). The zero-order chi connectivity index (χ0) is 8.23. The van der Waals surface area contributed by atoms with Crippen LogP contribution in [0.3, 0.4) is 0 Å². The van der Waals surface area contributed by atoms with Crippen molar-refractivity contribution >= 4 is 6.91 Å². The topological polar surface area (TPSA) is 21.3 Å². The molecule has 1 unspecified atom stereocenters. The average Bonchev–Trinajstić information content (AvgIpc) is 2.21. The van der Waals surface area contributed by atoms with Gasteiger partial charge in [0.15, 0.2) is 0 Å². The number of hydrogen-bond donors (Lipinski definition) is 1. The van der Waals surface area contributed by atoms with Crippen molar-refractivity contribution in [2.45, 2.75) is 6.10 Å². The second-order valence-electron chi connectivity index (χ2n) is 2.97. The van der Waals surface area contributed by atoms with Gasteiger partial charge in [0.25, 0.3) is 0 Å². The van der Waals surface area contributed by atoms with Gasteiger partial charge in [0.2, 0.25) is 0 Å². The van der Waals surface area contributed by atoms with Gasteiger partial charge in [-0.3, -0.25) is 0 Å². The molecule has 12 heavy (non-hydrogen) atoms. The Morgan fingerprint density at radius 3 is 3.17 bits per heavy atom. The summed E-state index contributed by atoms with van der Waals surface area (Å²) in [7, 11) is 0. The molecule has 0 radical (unpaired) electrons. The Hall–Kier alpha value is -0.665. The van der Waals surface area contributed by atoms with Crippen molar-refractivity contribution in [3.63, 3.8) is 0 Å². The molecule has 0 saturated carbocycles. The molecule has 0 spiro atoms. The fraction of sp³-hybridized carbons (Fsp3) is 0.444. The SMILES string of the molecule is b1ccccc1C1CNCCO1. The molecule has 1 aliphatic heterocycles. The molecule has 1 fully saturated rings. The first-order valence-electron chi connectivity index (χ1n) is 4.34. The van der Waals surface area contributed by atoms with Gasteiger partial charge >= 0.3 is 72.4 Å². The van der Waals surface area contributed by atoms with E-state index in [1.54, 1.807) is 0 Å². The third-order valence-corrected chi connectivity index (χ3v) is 2.10. The summed E-state index contributed by atoms with van der Waals surface area (Å²) in [6, 6.07) is 6.19. The van der Waals surface area contributed by atoms with Crippen LogP contribution >= 0.6 is 0 Å². The first-order chi connectivity index (χ1) is 5.97. The fourth-order valence-corrected chi connectivity index (χ4v) is 1.45. The summed E-state index contributed by atoms with van der Waals surface area (Å²) in [5, 5.41) is 3.31. The molecule has 1 aromatic rings. The minimum absolute atomic E-state index is 0.250. The van der Waals surface area contributed by atoms with Gasteiger partial charge in [-0.15, -0.1) is 0 Å². The van der Waals surface area contributed by atoms with E-state index >= 15 is 0 Å². The van der Waals surface area contributed by atoms with Gasteiger partial charge in [-0.1, -0.05) is 0 Å². The third-order valence-electron chi connectivity index (χ3n) is 2.10. The van der Waals surface area contributed by atoms with E-state index in [0.717, 1.165) is 19.7 Å². The van der Waals surface area contributed by atoms with Crippen molar-refractivity contribution in [1.29, 1.82) is 0 Å². The van der Waals surface area contributed by atoms with E-state index in [-0.39, 0.29) is 6.10 Å². The molecule has 1 aromatic heterocycles. The second kappa shape index (κ2) is 3.83. The standard InChI is InChI=1S/C9H12BNO/c1-2-4-10-8(3-1)9-7-11-5-6-12-9/h1-4,9,11H,5-7H2. The summed E-state index contributed by atoms with van der Waals surface area (Å²) < 4.78 is 5.60. The van der Waals surface area contributed by atoms with Crippen LogP contribution in [-0.2, 0) is 4.74 Å². The summed E-state index contributed by atoms with van der Waals surface area (Å²) in [5.41, 5.74) is 1.27. The molecule has 1 atom stereocenters. The summed E-state index contributed by atoms with van der Waals surface area (Å²) >= 11 is 0. The van der Waals surface area contributed by atoms with Crippen LogP contribution in [-0.4, -0.2) is 26.6 Å². The van der Waals surface area contributed by atoms with E-state index in [1.165, 1.54) is 5.46 Å². The van der Waals surface area contributed by atoms with Crippen molar-refractivity contribution in [1.82, 2.24) is 5.32 Å². The maximum absolute atomic E-state index is 5.60. The molecular formula is C9H12BNO. The quantitative estimate of drug-likeness (QED) is 0.654. The first kappa shape index (κ1) is 7.96. The van der Waals surface area contributed by atoms with E-state index in [9.17, 15) is 0 Å². The zero-order valence-corrected chi connectivity index (χ0v) is 6.99. The molecule has 1 saturated heterocycles. The third kappa shape index (κ3) is 1.73. The van der Waals surface area contributed by atoms with E-state index in [1.807, 2.05) is 18.1 Å². The van der Waals surface area contributed by atoms with E-state index in [2.05, 4.69) is 18.3 Å². The Kier molecular flexibility index (Phi) is 2.54. The Morgan fingerprint density at radius 1 is 1.50 bits per heavy atom. The van der Waals surface area contributed by atoms with Crippen molar-refractivity contribution in [3.8, 4) is 0 Å². The molecule has 0 amide bonds. The van der Waals surface area contributed by atoms with E-state index < -0.39 is 0 Å². The van der Waals surface area contributed by atoms with Gasteiger partial charge in [0, 0.05) is 0 Å². The molecule has 3 heteroatoms. The van der Waals surface area contributed by atoms with E-state index in [4.69, 9.17) is 4.74 Å². The number of hydrogen-bond acceptors (Lipinski definition) is 2. The minimum atomic E-state index is 0.250. The van der Waals surface area contributed by atoms with Gasteiger partial charge in [-0.25, -0.2) is 0 Å². The van der Waals surface area contributed by atoms with Crippen LogP contribution in [0, 0.1) is 0 Å². The molecule has 0 aliphatic carbocycles. The van der Waals surface area contributed by atoms with Crippen LogP contribution in [0.5, 0.6) is 0 Å². The Morgan fingerprint density at radius 2 is 2.50 bits per heavy atom. The van der Waals surface area contributed by atoms with Crippen molar-refractivity contribution in [2.75, 3.05) is 19.7 Å². The van der Waals surface area contributed by atoms with Gasteiger partial charge in [0.1, 0.15) is 0 Å². The predicted molar refractivity (Wildman–Crippen MR) is 49.4 cm³/mol. The summed E-state index contributed by atoms with van der Waals surface area (Å²) in [4.78, 5) is 0. The van der Waals surface area contributed by atoms with Crippen molar-refractivity contribution < 1.29 is 4.74 Å². The normalized spacial score (nSPS) is 23.5. The van der Waals surface area contributed by atoms with Crippen LogP contribution < -0.4 is 5.32 Å². The monoisotopic (exact) mass is 161 g/mol. The van der Waals surface area contributed by atoms with Crippen LogP contribution in [0.2, 0.25) is 0 Å². The van der Waals surface area contributed by atoms with E-state index in [0.29, 0.717) is 0 Å². The second-order valence-corrected chi connectivity index (χ2v) is 2.97. The average molecular weight is 161 g/mol. The van der Waals surface area contributed by atoms with Crippen LogP contribution in [0.15, 0.2) is 24.2 Å². The summed E-state index contributed by atoms with van der Waals surface area (Å²) in [5.74, 6) is 2.05. The number of rotatable bonds is 1. The molecule has 1 N–H and O–H groups in total. The molecule has 2 heterocycles. The van der Waals surface area contributed by atoms with Gasteiger partial charge < -0.3 is 0 Å². The Balaban J connectivity index is 2.08.